The molecule has 0 aromatic carbocycles. The van der Waals surface area contributed by atoms with E-state index in [2.05, 4.69) is 5.43 Å². The van der Waals surface area contributed by atoms with Crippen molar-refractivity contribution in [3.05, 3.63) is 0 Å². The van der Waals surface area contributed by atoms with E-state index < -0.39 is 22.0 Å². The Labute approximate surface area is 110 Å². The number of piperidine rings is 1. The Hall–Kier alpha value is -1.23. The summed E-state index contributed by atoms with van der Waals surface area (Å²) in [5, 5.41) is 10.5. The summed E-state index contributed by atoms with van der Waals surface area (Å²) in [6, 6.07) is -0.865. The minimum absolute atomic E-state index is 0.145. The van der Waals surface area contributed by atoms with Gasteiger partial charge >= 0.3 is 0 Å². The Bertz CT molecular complexity index is 493. The molecule has 0 spiro atoms. The van der Waals surface area contributed by atoms with Crippen LogP contribution in [0.1, 0.15) is 12.8 Å². The first kappa shape index (κ1) is 14.2. The van der Waals surface area contributed by atoms with E-state index >= 15 is 0 Å². The van der Waals surface area contributed by atoms with Crippen LogP contribution < -0.4 is 10.3 Å². The minimum atomic E-state index is -3.53. The maximum absolute atomic E-state index is 11.9. The molecule has 2 aliphatic heterocycles. The van der Waals surface area contributed by atoms with E-state index in [1.54, 1.807) is 0 Å². The predicted molar refractivity (Wildman–Crippen MR) is 63.1 cm³/mol. The van der Waals surface area contributed by atoms with Gasteiger partial charge in [-0.25, -0.2) is 8.42 Å². The highest BCUT2D eigenvalue weighted by molar-refractivity contribution is 7.88. The average molecular weight is 292 g/mol. The van der Waals surface area contributed by atoms with Crippen molar-refractivity contribution in [2.24, 2.45) is 0 Å². The van der Waals surface area contributed by atoms with E-state index in [0.717, 1.165) is 11.3 Å². The van der Waals surface area contributed by atoms with Gasteiger partial charge in [-0.05, 0) is 12.8 Å². The Kier molecular flexibility index (Phi) is 3.76. The van der Waals surface area contributed by atoms with Crippen LogP contribution in [0.5, 0.6) is 0 Å². The second-order valence-corrected chi connectivity index (χ2v) is 6.50. The van der Waals surface area contributed by atoms with Gasteiger partial charge in [-0.2, -0.15) is 5.06 Å². The molecular weight excluding hydrogens is 276 g/mol. The molecule has 2 aliphatic rings. The zero-order valence-corrected chi connectivity index (χ0v) is 11.2. The molecule has 2 saturated heterocycles. The van der Waals surface area contributed by atoms with Crippen molar-refractivity contribution in [1.29, 1.82) is 0 Å². The number of carbonyl (C=O) groups is 2. The lowest BCUT2D eigenvalue weighted by atomic mass is 9.95. The number of hydrogen-bond donors (Lipinski definition) is 3. The van der Waals surface area contributed by atoms with Crippen LogP contribution in [0.15, 0.2) is 0 Å². The third kappa shape index (κ3) is 3.21. The van der Waals surface area contributed by atoms with Crippen molar-refractivity contribution in [2.45, 2.75) is 24.9 Å². The van der Waals surface area contributed by atoms with Crippen LogP contribution in [0, 0.1) is 0 Å². The lowest BCUT2D eigenvalue weighted by molar-refractivity contribution is -0.190. The fourth-order valence-corrected chi connectivity index (χ4v) is 2.61. The second kappa shape index (κ2) is 5.04. The number of hydrazine groups is 1. The number of rotatable bonds is 3. The van der Waals surface area contributed by atoms with Gasteiger partial charge in [0.25, 0.3) is 5.91 Å². The summed E-state index contributed by atoms with van der Waals surface area (Å²) in [6.45, 7) is 0.125. The van der Waals surface area contributed by atoms with Gasteiger partial charge in [-0.15, -0.1) is 4.83 Å². The molecular formula is C9H16N4O5S. The standard InChI is InChI=1S/C9H16N4O5S/c1-19(17,18)11-10-9(15)7-3-2-6-4-12(7)8(14)5-13(6)16/h6-7,11,16H,2-5H2,1H3,(H,10,15). The summed E-state index contributed by atoms with van der Waals surface area (Å²) < 4.78 is 21.8. The Morgan fingerprint density at radius 1 is 1.42 bits per heavy atom. The highest BCUT2D eigenvalue weighted by Crippen LogP contribution is 2.24. The van der Waals surface area contributed by atoms with Crippen molar-refractivity contribution in [2.75, 3.05) is 19.3 Å². The number of nitrogens with one attached hydrogen (secondary N) is 2. The van der Waals surface area contributed by atoms with Gasteiger partial charge in [-0.1, -0.05) is 0 Å². The predicted octanol–water partition coefficient (Wildman–Crippen LogP) is -2.37. The number of hydroxylamine groups is 2. The van der Waals surface area contributed by atoms with Crippen LogP contribution in [-0.4, -0.2) is 66.8 Å². The molecule has 0 saturated carbocycles. The maximum Gasteiger partial charge on any atom is 0.257 e. The van der Waals surface area contributed by atoms with E-state index in [9.17, 15) is 23.2 Å². The molecule has 2 rings (SSSR count). The van der Waals surface area contributed by atoms with Gasteiger partial charge in [0, 0.05) is 6.54 Å². The van der Waals surface area contributed by atoms with Gasteiger partial charge < -0.3 is 10.1 Å². The van der Waals surface area contributed by atoms with Crippen LogP contribution in [0.25, 0.3) is 0 Å². The smallest absolute Gasteiger partial charge is 0.257 e. The van der Waals surface area contributed by atoms with Gasteiger partial charge in [0.15, 0.2) is 0 Å². The number of amides is 2. The van der Waals surface area contributed by atoms with Crippen LogP contribution >= 0.6 is 0 Å². The van der Waals surface area contributed by atoms with E-state index in [0.29, 0.717) is 12.8 Å². The van der Waals surface area contributed by atoms with Crippen LogP contribution in [-0.2, 0) is 19.6 Å². The maximum atomic E-state index is 11.9. The molecule has 2 bridgehead atoms. The van der Waals surface area contributed by atoms with Crippen LogP contribution in [0.4, 0.5) is 0 Å². The summed E-state index contributed by atoms with van der Waals surface area (Å²) >= 11 is 0. The number of fused-ring (bicyclic) bond motifs is 2. The second-order valence-electron chi connectivity index (χ2n) is 4.75. The monoisotopic (exact) mass is 292 g/mol. The summed E-state index contributed by atoms with van der Waals surface area (Å²) in [4.78, 5) is 26.9. The quantitative estimate of drug-likeness (QED) is 0.500. The van der Waals surface area contributed by atoms with Gasteiger partial charge in [0.05, 0.1) is 12.3 Å². The van der Waals surface area contributed by atoms with E-state index in [1.165, 1.54) is 4.90 Å². The highest BCUT2D eigenvalue weighted by Gasteiger charge is 2.42. The largest absolute Gasteiger partial charge is 0.328 e. The molecule has 19 heavy (non-hydrogen) atoms. The van der Waals surface area contributed by atoms with E-state index in [-0.39, 0.29) is 25.0 Å². The SMILES string of the molecule is CS(=O)(=O)NNC(=O)C1CCC2CN1C(=O)CN2O. The first-order valence-corrected chi connectivity index (χ1v) is 7.68. The van der Waals surface area contributed by atoms with Crippen molar-refractivity contribution in [1.82, 2.24) is 20.2 Å². The van der Waals surface area contributed by atoms with Crippen LogP contribution in [0.3, 0.4) is 0 Å². The van der Waals surface area contributed by atoms with E-state index in [1.807, 2.05) is 4.83 Å². The molecule has 2 atom stereocenters. The van der Waals surface area contributed by atoms with Crippen LogP contribution in [0.2, 0.25) is 0 Å². The Balaban J connectivity index is 2.01. The van der Waals surface area contributed by atoms with Gasteiger partial charge in [-0.3, -0.25) is 15.0 Å². The molecule has 9 nitrogen and oxygen atoms in total. The fourth-order valence-electron chi connectivity index (χ4n) is 2.33. The van der Waals surface area contributed by atoms with Crippen molar-refractivity contribution >= 4 is 21.8 Å². The minimum Gasteiger partial charge on any atom is -0.328 e. The molecule has 0 aromatic rings. The molecule has 2 unspecified atom stereocenters. The fraction of sp³-hybridized carbons (Fsp3) is 0.778. The van der Waals surface area contributed by atoms with Gasteiger partial charge in [0.1, 0.15) is 12.6 Å². The molecule has 2 heterocycles. The van der Waals surface area contributed by atoms with Crippen molar-refractivity contribution < 1.29 is 23.2 Å². The lowest BCUT2D eigenvalue weighted by Gasteiger charge is -2.45. The summed E-state index contributed by atoms with van der Waals surface area (Å²) in [7, 11) is -3.53. The Morgan fingerprint density at radius 3 is 2.74 bits per heavy atom. The molecule has 3 N–H and O–H groups in total. The van der Waals surface area contributed by atoms with E-state index in [4.69, 9.17) is 0 Å². The molecule has 0 aliphatic carbocycles. The normalized spacial score (nSPS) is 28.3. The van der Waals surface area contributed by atoms with Crippen molar-refractivity contribution in [3.8, 4) is 0 Å². The molecule has 10 heteroatoms. The average Bonchev–Trinajstić information content (AvgIpc) is 2.32. The molecule has 2 fully saturated rings. The lowest BCUT2D eigenvalue weighted by Crippen LogP contribution is -2.65. The summed E-state index contributed by atoms with van der Waals surface area (Å²) in [6.07, 6.45) is 1.86. The third-order valence-electron chi connectivity index (χ3n) is 3.26. The number of nitrogens with zero attached hydrogens (tertiary/aromatic N) is 2. The third-order valence-corrected chi connectivity index (χ3v) is 3.73. The number of sulfonamides is 1. The number of hydrogen-bond acceptors (Lipinski definition) is 6. The number of piperazine rings is 1. The zero-order valence-electron chi connectivity index (χ0n) is 10.4. The molecule has 2 amide bonds. The van der Waals surface area contributed by atoms with Crippen molar-refractivity contribution in [3.63, 3.8) is 0 Å². The zero-order chi connectivity index (χ0) is 14.2. The first-order valence-electron chi connectivity index (χ1n) is 5.79. The summed E-state index contributed by atoms with van der Waals surface area (Å²) in [5.74, 6) is -0.915. The molecule has 0 aromatic heterocycles. The highest BCUT2D eigenvalue weighted by atomic mass is 32.2. The molecule has 0 radical (unpaired) electrons. The molecule has 108 valence electrons. The first-order chi connectivity index (χ1) is 8.78. The summed E-state index contributed by atoms with van der Waals surface area (Å²) in [5.41, 5.74) is 2.08. The van der Waals surface area contributed by atoms with Gasteiger partial charge in [0.2, 0.25) is 15.9 Å². The Morgan fingerprint density at radius 2 is 2.11 bits per heavy atom. The number of carbonyl (C=O) groups excluding carboxylic acids is 2. The topological polar surface area (TPSA) is 119 Å².